The van der Waals surface area contributed by atoms with Crippen molar-refractivity contribution in [1.29, 1.82) is 0 Å². The number of hydrogen-bond acceptors (Lipinski definition) is 6. The topological polar surface area (TPSA) is 118 Å². The van der Waals surface area contributed by atoms with Gasteiger partial charge in [0.2, 0.25) is 0 Å². The summed E-state index contributed by atoms with van der Waals surface area (Å²) in [7, 11) is 0. The summed E-state index contributed by atoms with van der Waals surface area (Å²) in [4.78, 5) is 36.2. The molecule has 1 atom stereocenters. The second-order valence-electron chi connectivity index (χ2n) is 3.69. The van der Waals surface area contributed by atoms with Crippen LogP contribution < -0.4 is 0 Å². The lowest BCUT2D eigenvalue weighted by molar-refractivity contribution is -0.154. The van der Waals surface area contributed by atoms with Gasteiger partial charge in [-0.05, 0) is 12.5 Å². The van der Waals surface area contributed by atoms with Gasteiger partial charge in [0.15, 0.2) is 0 Å². The molecule has 0 heterocycles. The number of ether oxygens (including phenoxy) is 2. The van der Waals surface area contributed by atoms with Gasteiger partial charge in [-0.25, -0.2) is 0 Å². The molecule has 0 aromatic rings. The van der Waals surface area contributed by atoms with Gasteiger partial charge in [-0.2, -0.15) is 0 Å². The molecule has 19 heavy (non-hydrogen) atoms. The average Bonchev–Trinajstić information content (AvgIpc) is 2.28. The number of carbonyl (C=O) groups excluding carboxylic acids is 3. The highest BCUT2D eigenvalue weighted by Crippen LogP contribution is 2.08. The van der Waals surface area contributed by atoms with Gasteiger partial charge >= 0.3 is 11.9 Å². The molecule has 0 fully saturated rings. The Labute approximate surface area is 110 Å². The van der Waals surface area contributed by atoms with E-state index >= 15 is 0 Å². The van der Waals surface area contributed by atoms with Gasteiger partial charge in [0.25, 0.3) is 0 Å². The molecule has 0 amide bonds. The predicted octanol–water partition coefficient (Wildman–Crippen LogP) is 1.53. The van der Waals surface area contributed by atoms with E-state index in [1.165, 1.54) is 6.92 Å². The number of esters is 2. The number of hydrogen-bond donors (Lipinski definition) is 0. The van der Waals surface area contributed by atoms with Gasteiger partial charge < -0.3 is 9.47 Å². The minimum Gasteiger partial charge on any atom is -0.466 e. The molecule has 0 bridgehead atoms. The summed E-state index contributed by atoms with van der Waals surface area (Å²) >= 11 is 0. The van der Waals surface area contributed by atoms with Crippen LogP contribution in [0.1, 0.15) is 33.1 Å². The van der Waals surface area contributed by atoms with Crippen LogP contribution in [0, 0.1) is 0 Å². The third-order valence-electron chi connectivity index (χ3n) is 2.04. The molecule has 8 nitrogen and oxygen atoms in total. The largest absolute Gasteiger partial charge is 0.466 e. The smallest absolute Gasteiger partial charge is 0.309 e. The minimum atomic E-state index is -0.838. The minimum absolute atomic E-state index is 0.0432. The molecule has 0 radical (unpaired) electrons. The van der Waals surface area contributed by atoms with Crippen LogP contribution in [0.15, 0.2) is 5.11 Å². The highest BCUT2D eigenvalue weighted by molar-refractivity contribution is 5.80. The van der Waals surface area contributed by atoms with Crippen molar-refractivity contribution >= 4 is 17.7 Å². The first-order valence-corrected chi connectivity index (χ1v) is 5.85. The van der Waals surface area contributed by atoms with Gasteiger partial charge in [-0.1, -0.05) is 5.11 Å². The molecule has 0 aliphatic carbocycles. The van der Waals surface area contributed by atoms with E-state index in [9.17, 15) is 14.4 Å². The third-order valence-corrected chi connectivity index (χ3v) is 2.04. The van der Waals surface area contributed by atoms with Crippen LogP contribution in [0.3, 0.4) is 0 Å². The fourth-order valence-electron chi connectivity index (χ4n) is 1.37. The number of azide groups is 1. The van der Waals surface area contributed by atoms with E-state index in [4.69, 9.17) is 15.0 Å². The van der Waals surface area contributed by atoms with Crippen LogP contribution in [-0.4, -0.2) is 37.0 Å². The van der Waals surface area contributed by atoms with E-state index in [1.807, 2.05) is 0 Å². The molecule has 0 aliphatic heterocycles. The molecule has 8 heteroatoms. The lowest BCUT2D eigenvalue weighted by Crippen LogP contribution is -2.24. The fraction of sp³-hybridized carbons (Fsp3) is 0.727. The lowest BCUT2D eigenvalue weighted by Gasteiger charge is -2.15. The van der Waals surface area contributed by atoms with Crippen molar-refractivity contribution < 1.29 is 23.9 Å². The fourth-order valence-corrected chi connectivity index (χ4v) is 1.37. The Bertz CT molecular complexity index is 377. The van der Waals surface area contributed by atoms with Crippen LogP contribution in [-0.2, 0) is 23.9 Å². The quantitative estimate of drug-likeness (QED) is 0.272. The van der Waals surface area contributed by atoms with Crippen molar-refractivity contribution in [2.24, 2.45) is 5.11 Å². The van der Waals surface area contributed by atoms with Gasteiger partial charge in [0.1, 0.15) is 11.9 Å². The van der Waals surface area contributed by atoms with Gasteiger partial charge in [-0.15, -0.1) is 0 Å². The Morgan fingerprint density at radius 3 is 2.53 bits per heavy atom. The molecule has 0 saturated carbocycles. The van der Waals surface area contributed by atoms with Crippen LogP contribution in [0.5, 0.6) is 0 Å². The normalized spacial score (nSPS) is 11.1. The highest BCUT2D eigenvalue weighted by atomic mass is 16.6. The summed E-state index contributed by atoms with van der Waals surface area (Å²) in [5.41, 5.74) is 8.07. The average molecular weight is 271 g/mol. The van der Waals surface area contributed by atoms with Gasteiger partial charge in [0.05, 0.1) is 13.0 Å². The Balaban J connectivity index is 4.32. The summed E-state index contributed by atoms with van der Waals surface area (Å²) in [5.74, 6) is -1.35. The molecule has 0 saturated heterocycles. The Morgan fingerprint density at radius 1 is 1.32 bits per heavy atom. The molecule has 0 rings (SSSR count). The second kappa shape index (κ2) is 9.90. The van der Waals surface area contributed by atoms with Crippen molar-refractivity contribution in [2.45, 2.75) is 39.2 Å². The zero-order valence-electron chi connectivity index (χ0n) is 11.0. The zero-order chi connectivity index (χ0) is 14.7. The molecular formula is C11H17N3O5. The Morgan fingerprint density at radius 2 is 2.00 bits per heavy atom. The second-order valence-corrected chi connectivity index (χ2v) is 3.69. The molecule has 0 aromatic heterocycles. The Hall–Kier alpha value is -2.08. The molecule has 0 spiro atoms. The van der Waals surface area contributed by atoms with Gasteiger partial charge in [-0.3, -0.25) is 14.4 Å². The van der Waals surface area contributed by atoms with Crippen molar-refractivity contribution in [3.63, 3.8) is 0 Å². The summed E-state index contributed by atoms with van der Waals surface area (Å²) < 4.78 is 9.61. The Kier molecular flexibility index (Phi) is 8.82. The first kappa shape index (κ1) is 16.9. The summed E-state index contributed by atoms with van der Waals surface area (Å²) in [6.45, 7) is 3.12. The maximum atomic E-state index is 11.5. The number of carbonyl (C=O) groups is 3. The van der Waals surface area contributed by atoms with E-state index in [0.29, 0.717) is 0 Å². The lowest BCUT2D eigenvalue weighted by atomic mass is 10.1. The molecular weight excluding hydrogens is 254 g/mol. The predicted molar refractivity (Wildman–Crippen MR) is 65.1 cm³/mol. The molecule has 0 N–H and O–H groups in total. The van der Waals surface area contributed by atoms with Crippen LogP contribution >= 0.6 is 0 Å². The van der Waals surface area contributed by atoms with E-state index in [2.05, 4.69) is 10.0 Å². The first-order chi connectivity index (χ1) is 8.99. The number of nitrogens with zero attached hydrogens (tertiary/aromatic N) is 3. The van der Waals surface area contributed by atoms with Crippen molar-refractivity contribution in [3.8, 4) is 0 Å². The number of rotatable bonds is 9. The monoisotopic (exact) mass is 271 g/mol. The molecule has 0 aromatic carbocycles. The number of ketones is 1. The van der Waals surface area contributed by atoms with Crippen LogP contribution in [0.2, 0.25) is 0 Å². The van der Waals surface area contributed by atoms with E-state index in [0.717, 1.165) is 0 Å². The summed E-state index contributed by atoms with van der Waals surface area (Å²) in [6, 6.07) is 0. The van der Waals surface area contributed by atoms with Crippen LogP contribution in [0.4, 0.5) is 0 Å². The van der Waals surface area contributed by atoms with Crippen molar-refractivity contribution in [2.75, 3.05) is 13.2 Å². The molecule has 0 aliphatic rings. The van der Waals surface area contributed by atoms with Gasteiger partial charge in [0, 0.05) is 31.2 Å². The summed E-state index contributed by atoms with van der Waals surface area (Å²) in [5, 5.41) is 3.23. The van der Waals surface area contributed by atoms with E-state index in [-0.39, 0.29) is 38.2 Å². The number of Topliss-reactive ketones (excluding diaryl/α,β-unsaturated/α-hetero) is 1. The van der Waals surface area contributed by atoms with Crippen LogP contribution in [0.25, 0.3) is 10.4 Å². The summed E-state index contributed by atoms with van der Waals surface area (Å²) in [6.07, 6.45) is -1.06. The van der Waals surface area contributed by atoms with Crippen molar-refractivity contribution in [3.05, 3.63) is 10.4 Å². The standard InChI is InChI=1S/C11H17N3O5/c1-3-18-11(17)7-10(19-8(2)15)6-9(16)4-5-13-14-12/h10H,3-7H2,1-2H3. The highest BCUT2D eigenvalue weighted by Gasteiger charge is 2.20. The maximum absolute atomic E-state index is 11.5. The molecule has 1 unspecified atom stereocenters. The SMILES string of the molecule is CCOC(=O)CC(CC(=O)CCN=[N+]=[N-])OC(C)=O. The maximum Gasteiger partial charge on any atom is 0.309 e. The van der Waals surface area contributed by atoms with E-state index < -0.39 is 18.0 Å². The van der Waals surface area contributed by atoms with Crippen molar-refractivity contribution in [1.82, 2.24) is 0 Å². The third kappa shape index (κ3) is 9.61. The molecule has 106 valence electrons. The first-order valence-electron chi connectivity index (χ1n) is 5.85. The zero-order valence-corrected chi connectivity index (χ0v) is 11.0. The van der Waals surface area contributed by atoms with E-state index in [1.54, 1.807) is 6.92 Å².